The largest absolute Gasteiger partial charge is 0.444 e. The van der Waals surface area contributed by atoms with Crippen LogP contribution in [0.4, 0.5) is 4.79 Å². The van der Waals surface area contributed by atoms with Crippen molar-refractivity contribution in [3.63, 3.8) is 0 Å². The van der Waals surface area contributed by atoms with E-state index in [2.05, 4.69) is 17.5 Å². The van der Waals surface area contributed by atoms with Gasteiger partial charge in [0.2, 0.25) is 0 Å². The molecule has 1 aliphatic carbocycles. The van der Waals surface area contributed by atoms with Crippen molar-refractivity contribution in [2.45, 2.75) is 71.9 Å². The van der Waals surface area contributed by atoms with Gasteiger partial charge >= 0.3 is 6.09 Å². The van der Waals surface area contributed by atoms with Gasteiger partial charge in [-0.15, -0.1) is 0 Å². The quantitative estimate of drug-likeness (QED) is 0.617. The van der Waals surface area contributed by atoms with E-state index in [4.69, 9.17) is 4.74 Å². The van der Waals surface area contributed by atoms with E-state index in [1.165, 1.54) is 19.3 Å². The SMILES string of the molecule is CC(C)(C)OC(=O)N(CCNCC1CC=CCC1)C(C)(C)C. The van der Waals surface area contributed by atoms with Crippen LogP contribution in [0.2, 0.25) is 0 Å². The van der Waals surface area contributed by atoms with Crippen LogP contribution in [0.3, 0.4) is 0 Å². The summed E-state index contributed by atoms with van der Waals surface area (Å²) < 4.78 is 5.52. The summed E-state index contributed by atoms with van der Waals surface area (Å²) >= 11 is 0. The van der Waals surface area contributed by atoms with Crippen LogP contribution < -0.4 is 5.32 Å². The fourth-order valence-electron chi connectivity index (χ4n) is 2.56. The Kier molecular flexibility index (Phi) is 6.92. The second-order valence-electron chi connectivity index (χ2n) is 8.16. The molecular weight excluding hydrogens is 276 g/mol. The van der Waals surface area contributed by atoms with Crippen LogP contribution in [0.25, 0.3) is 0 Å². The molecule has 4 nitrogen and oxygen atoms in total. The van der Waals surface area contributed by atoms with Gasteiger partial charge in [-0.3, -0.25) is 0 Å². The third-order valence-electron chi connectivity index (χ3n) is 3.75. The van der Waals surface area contributed by atoms with Crippen molar-refractivity contribution in [1.82, 2.24) is 10.2 Å². The molecule has 0 aromatic carbocycles. The van der Waals surface area contributed by atoms with Gasteiger partial charge < -0.3 is 15.0 Å². The Bertz CT molecular complexity index is 378. The van der Waals surface area contributed by atoms with Crippen LogP contribution in [0.1, 0.15) is 60.8 Å². The topological polar surface area (TPSA) is 41.6 Å². The lowest BCUT2D eigenvalue weighted by atomic mass is 9.94. The lowest BCUT2D eigenvalue weighted by molar-refractivity contribution is 0.00660. The maximum absolute atomic E-state index is 12.4. The number of ether oxygens (including phenoxy) is 1. The molecule has 4 heteroatoms. The molecule has 1 amide bonds. The third-order valence-corrected chi connectivity index (χ3v) is 3.75. The highest BCUT2D eigenvalue weighted by molar-refractivity contribution is 5.69. The van der Waals surface area contributed by atoms with E-state index in [-0.39, 0.29) is 11.6 Å². The van der Waals surface area contributed by atoms with E-state index in [0.29, 0.717) is 6.54 Å². The zero-order valence-electron chi connectivity index (χ0n) is 15.2. The van der Waals surface area contributed by atoms with Gasteiger partial charge in [0, 0.05) is 18.6 Å². The second-order valence-corrected chi connectivity index (χ2v) is 8.16. The predicted octanol–water partition coefficient (Wildman–Crippen LogP) is 3.97. The van der Waals surface area contributed by atoms with E-state index in [1.54, 1.807) is 0 Å². The molecule has 0 saturated heterocycles. The Labute approximate surface area is 136 Å². The number of nitrogens with zero attached hydrogens (tertiary/aromatic N) is 1. The van der Waals surface area contributed by atoms with E-state index < -0.39 is 5.60 Å². The molecule has 1 unspecified atom stereocenters. The zero-order valence-corrected chi connectivity index (χ0v) is 15.2. The molecule has 0 heterocycles. The predicted molar refractivity (Wildman–Crippen MR) is 92.0 cm³/mol. The molecule has 1 atom stereocenters. The standard InChI is InChI=1S/C18H34N2O2/c1-17(2,3)20(16(21)22-18(4,5)6)13-12-19-14-15-10-8-7-9-11-15/h7-8,15,19H,9-14H2,1-6H3. The zero-order chi connectivity index (χ0) is 16.8. The first-order valence-electron chi connectivity index (χ1n) is 8.46. The molecule has 0 bridgehead atoms. The lowest BCUT2D eigenvalue weighted by Gasteiger charge is -2.37. The van der Waals surface area contributed by atoms with Gasteiger partial charge in [0.25, 0.3) is 0 Å². The van der Waals surface area contributed by atoms with Crippen LogP contribution in [0.15, 0.2) is 12.2 Å². The molecule has 0 radical (unpaired) electrons. The summed E-state index contributed by atoms with van der Waals surface area (Å²) in [6.07, 6.45) is 7.93. The van der Waals surface area contributed by atoms with Crippen LogP contribution >= 0.6 is 0 Å². The fourth-order valence-corrected chi connectivity index (χ4v) is 2.56. The highest BCUT2D eigenvalue weighted by Crippen LogP contribution is 2.19. The first-order valence-corrected chi connectivity index (χ1v) is 8.46. The summed E-state index contributed by atoms with van der Waals surface area (Å²) in [5, 5.41) is 3.49. The maximum atomic E-state index is 12.4. The van der Waals surface area contributed by atoms with Gasteiger partial charge in [0.05, 0.1) is 0 Å². The molecule has 1 aliphatic rings. The summed E-state index contributed by atoms with van der Waals surface area (Å²) in [5.41, 5.74) is -0.694. The Balaban J connectivity index is 2.41. The summed E-state index contributed by atoms with van der Waals surface area (Å²) in [5.74, 6) is 0.731. The van der Waals surface area contributed by atoms with Gasteiger partial charge in [-0.25, -0.2) is 4.79 Å². The molecule has 0 fully saturated rings. The number of amides is 1. The number of hydrogen-bond acceptors (Lipinski definition) is 3. The number of hydrogen-bond donors (Lipinski definition) is 1. The number of rotatable bonds is 5. The van der Waals surface area contributed by atoms with E-state index in [9.17, 15) is 4.79 Å². The van der Waals surface area contributed by atoms with Crippen LogP contribution in [-0.2, 0) is 4.74 Å². The molecule has 0 spiro atoms. The average molecular weight is 310 g/mol. The first-order chi connectivity index (χ1) is 10.1. The number of allylic oxidation sites excluding steroid dienone is 2. The molecule has 0 aliphatic heterocycles. The fraction of sp³-hybridized carbons (Fsp3) is 0.833. The molecule has 0 aromatic heterocycles. The molecular formula is C18H34N2O2. The number of carbonyl (C=O) groups is 1. The monoisotopic (exact) mass is 310 g/mol. The van der Waals surface area contributed by atoms with Crippen molar-refractivity contribution in [3.05, 3.63) is 12.2 Å². The third kappa shape index (κ3) is 7.30. The van der Waals surface area contributed by atoms with Crippen LogP contribution in [0, 0.1) is 5.92 Å². The summed E-state index contributed by atoms with van der Waals surface area (Å²) in [7, 11) is 0. The molecule has 22 heavy (non-hydrogen) atoms. The Morgan fingerprint density at radius 3 is 2.41 bits per heavy atom. The van der Waals surface area contributed by atoms with Gasteiger partial charge in [-0.05, 0) is 73.3 Å². The minimum absolute atomic E-state index is 0.234. The summed E-state index contributed by atoms with van der Waals surface area (Å²) in [6.45, 7) is 14.3. The van der Waals surface area contributed by atoms with Crippen LogP contribution in [-0.4, -0.2) is 41.8 Å². The summed E-state index contributed by atoms with van der Waals surface area (Å²) in [6, 6.07) is 0. The first kappa shape index (κ1) is 19.0. The minimum atomic E-state index is -0.456. The smallest absolute Gasteiger partial charge is 0.410 e. The van der Waals surface area contributed by atoms with Crippen molar-refractivity contribution >= 4 is 6.09 Å². The Hall–Kier alpha value is -1.03. The van der Waals surface area contributed by atoms with Crippen molar-refractivity contribution in [2.24, 2.45) is 5.92 Å². The van der Waals surface area contributed by atoms with Gasteiger partial charge in [0.15, 0.2) is 0 Å². The lowest BCUT2D eigenvalue weighted by Crippen LogP contribution is -2.50. The van der Waals surface area contributed by atoms with Gasteiger partial charge in [-0.1, -0.05) is 12.2 Å². The maximum Gasteiger partial charge on any atom is 0.410 e. The Morgan fingerprint density at radius 2 is 1.91 bits per heavy atom. The molecule has 1 rings (SSSR count). The second kappa shape index (κ2) is 8.00. The van der Waals surface area contributed by atoms with Gasteiger partial charge in [0.1, 0.15) is 5.60 Å². The molecule has 0 saturated carbocycles. The van der Waals surface area contributed by atoms with E-state index in [1.807, 2.05) is 46.4 Å². The number of nitrogens with one attached hydrogen (secondary N) is 1. The van der Waals surface area contributed by atoms with E-state index >= 15 is 0 Å². The van der Waals surface area contributed by atoms with Crippen molar-refractivity contribution in [2.75, 3.05) is 19.6 Å². The average Bonchev–Trinajstić information content (AvgIpc) is 2.36. The van der Waals surface area contributed by atoms with Gasteiger partial charge in [-0.2, -0.15) is 0 Å². The van der Waals surface area contributed by atoms with Crippen LogP contribution in [0.5, 0.6) is 0 Å². The molecule has 128 valence electrons. The highest BCUT2D eigenvalue weighted by atomic mass is 16.6. The van der Waals surface area contributed by atoms with Crippen molar-refractivity contribution < 1.29 is 9.53 Å². The Morgan fingerprint density at radius 1 is 1.23 bits per heavy atom. The molecule has 0 aromatic rings. The number of carbonyl (C=O) groups excluding carboxylic acids is 1. The highest BCUT2D eigenvalue weighted by Gasteiger charge is 2.30. The van der Waals surface area contributed by atoms with Crippen molar-refractivity contribution in [1.29, 1.82) is 0 Å². The normalized spacial score (nSPS) is 19.1. The summed E-state index contributed by atoms with van der Waals surface area (Å²) in [4.78, 5) is 14.2. The van der Waals surface area contributed by atoms with E-state index in [0.717, 1.165) is 19.0 Å². The minimum Gasteiger partial charge on any atom is -0.444 e. The van der Waals surface area contributed by atoms with Crippen molar-refractivity contribution in [3.8, 4) is 0 Å². The molecule has 1 N–H and O–H groups in total.